The maximum absolute atomic E-state index is 11.5. The van der Waals surface area contributed by atoms with Gasteiger partial charge in [-0.15, -0.1) is 0 Å². The van der Waals surface area contributed by atoms with Gasteiger partial charge in [-0.3, -0.25) is 4.79 Å². The zero-order valence-electron chi connectivity index (χ0n) is 8.79. The lowest BCUT2D eigenvalue weighted by molar-refractivity contribution is -0.138. The first-order valence-electron chi connectivity index (χ1n) is 4.44. The Kier molecular flexibility index (Phi) is 6.00. The Morgan fingerprint density at radius 3 is 2.40 bits per heavy atom. The van der Waals surface area contributed by atoms with E-state index in [2.05, 4.69) is 27.8 Å². The van der Waals surface area contributed by atoms with E-state index < -0.39 is 12.0 Å². The number of nitrogens with zero attached hydrogens (tertiary/aromatic N) is 1. The highest BCUT2D eigenvalue weighted by Crippen LogP contribution is 2.01. The zero-order chi connectivity index (χ0) is 12.0. The quantitative estimate of drug-likeness (QED) is 0.799. The topological polar surface area (TPSA) is 69.6 Å². The summed E-state index contributed by atoms with van der Waals surface area (Å²) in [7, 11) is 0. The van der Waals surface area contributed by atoms with Crippen LogP contribution >= 0.6 is 15.9 Å². The Labute approximate surface area is 97.3 Å². The van der Waals surface area contributed by atoms with Gasteiger partial charge in [-0.05, 0) is 13.8 Å². The molecule has 0 saturated carbocycles. The van der Waals surface area contributed by atoms with Crippen LogP contribution < -0.4 is 5.32 Å². The second-order valence-corrected chi connectivity index (χ2v) is 4.41. The molecule has 0 aromatic carbocycles. The molecule has 0 aliphatic rings. The third-order valence-corrected chi connectivity index (χ3v) is 1.90. The van der Waals surface area contributed by atoms with Gasteiger partial charge in [0.2, 0.25) is 0 Å². The molecule has 0 aromatic rings. The van der Waals surface area contributed by atoms with Crippen LogP contribution in [0.25, 0.3) is 0 Å². The van der Waals surface area contributed by atoms with E-state index >= 15 is 0 Å². The van der Waals surface area contributed by atoms with Crippen LogP contribution in [0.15, 0.2) is 11.1 Å². The van der Waals surface area contributed by atoms with Gasteiger partial charge in [0, 0.05) is 10.5 Å². The van der Waals surface area contributed by atoms with E-state index in [1.54, 1.807) is 13.8 Å². The van der Waals surface area contributed by atoms with E-state index in [4.69, 9.17) is 5.11 Å². The van der Waals surface area contributed by atoms with Crippen LogP contribution in [0.3, 0.4) is 0 Å². The number of amides is 2. The Morgan fingerprint density at radius 1 is 1.53 bits per heavy atom. The summed E-state index contributed by atoms with van der Waals surface area (Å²) in [6.45, 7) is 7.04. The van der Waals surface area contributed by atoms with Gasteiger partial charge in [0.1, 0.15) is 6.54 Å². The normalized spacial score (nSPS) is 9.87. The molecular weight excluding hydrogens is 264 g/mol. The largest absolute Gasteiger partial charge is 0.480 e. The minimum absolute atomic E-state index is 0.162. The second kappa shape index (κ2) is 6.44. The van der Waals surface area contributed by atoms with Gasteiger partial charge >= 0.3 is 12.0 Å². The fourth-order valence-corrected chi connectivity index (χ4v) is 1.05. The maximum atomic E-state index is 11.5. The molecule has 0 radical (unpaired) electrons. The number of hydrogen-bond acceptors (Lipinski definition) is 2. The molecule has 0 aromatic heterocycles. The van der Waals surface area contributed by atoms with E-state index in [9.17, 15) is 9.59 Å². The SMILES string of the molecule is C=C(Br)CNC(=O)N(CC(=O)O)C(C)C. The molecule has 15 heavy (non-hydrogen) atoms. The Bertz CT molecular complexity index is 266. The number of nitrogens with one attached hydrogen (secondary N) is 1. The molecule has 5 nitrogen and oxygen atoms in total. The number of carboxylic acid groups (broad SMARTS) is 1. The lowest BCUT2D eigenvalue weighted by Gasteiger charge is -2.24. The first-order valence-corrected chi connectivity index (χ1v) is 5.23. The van der Waals surface area contributed by atoms with E-state index in [-0.39, 0.29) is 19.1 Å². The molecule has 0 unspecified atom stereocenters. The van der Waals surface area contributed by atoms with E-state index in [0.29, 0.717) is 4.48 Å². The first kappa shape index (κ1) is 14.0. The predicted molar refractivity (Wildman–Crippen MR) is 60.9 cm³/mol. The zero-order valence-corrected chi connectivity index (χ0v) is 10.4. The molecule has 0 spiro atoms. The monoisotopic (exact) mass is 278 g/mol. The van der Waals surface area contributed by atoms with Crippen molar-refractivity contribution in [2.75, 3.05) is 13.1 Å². The standard InChI is InChI=1S/C9H15BrN2O3/c1-6(2)12(5-8(13)14)9(15)11-4-7(3)10/h6H,3-5H2,1-2H3,(H,11,15)(H,13,14). The van der Waals surface area contributed by atoms with Crippen molar-refractivity contribution in [1.29, 1.82) is 0 Å². The fourth-order valence-electron chi connectivity index (χ4n) is 0.908. The summed E-state index contributed by atoms with van der Waals surface area (Å²) >= 11 is 3.10. The van der Waals surface area contributed by atoms with Crippen molar-refractivity contribution in [3.63, 3.8) is 0 Å². The van der Waals surface area contributed by atoms with Crippen molar-refractivity contribution in [3.05, 3.63) is 11.1 Å². The summed E-state index contributed by atoms with van der Waals surface area (Å²) in [5, 5.41) is 11.2. The molecule has 0 heterocycles. The number of halogens is 1. The van der Waals surface area contributed by atoms with E-state index in [0.717, 1.165) is 0 Å². The number of aliphatic carboxylic acids is 1. The van der Waals surface area contributed by atoms with Crippen molar-refractivity contribution in [2.24, 2.45) is 0 Å². The van der Waals surface area contributed by atoms with E-state index in [1.165, 1.54) is 4.90 Å². The Balaban J connectivity index is 4.29. The smallest absolute Gasteiger partial charge is 0.323 e. The average molecular weight is 279 g/mol. The minimum Gasteiger partial charge on any atom is -0.480 e. The highest BCUT2D eigenvalue weighted by Gasteiger charge is 2.19. The molecule has 0 bridgehead atoms. The Morgan fingerprint density at radius 2 is 2.07 bits per heavy atom. The van der Waals surface area contributed by atoms with Gasteiger partial charge in [0.25, 0.3) is 0 Å². The van der Waals surface area contributed by atoms with Crippen LogP contribution in [0, 0.1) is 0 Å². The number of carbonyl (C=O) groups is 2. The summed E-state index contributed by atoms with van der Waals surface area (Å²) in [5.74, 6) is -1.03. The van der Waals surface area contributed by atoms with Crippen LogP contribution in [0.1, 0.15) is 13.8 Å². The van der Waals surface area contributed by atoms with E-state index in [1.807, 2.05) is 0 Å². The molecule has 0 rings (SSSR count). The molecular formula is C9H15BrN2O3. The summed E-state index contributed by atoms with van der Waals surface area (Å²) in [6, 6.07) is -0.572. The van der Waals surface area contributed by atoms with Crippen molar-refractivity contribution in [2.45, 2.75) is 19.9 Å². The highest BCUT2D eigenvalue weighted by molar-refractivity contribution is 9.11. The van der Waals surface area contributed by atoms with Crippen LogP contribution in [0.2, 0.25) is 0 Å². The van der Waals surface area contributed by atoms with Crippen molar-refractivity contribution >= 4 is 27.9 Å². The van der Waals surface area contributed by atoms with Crippen molar-refractivity contribution in [3.8, 4) is 0 Å². The van der Waals surface area contributed by atoms with Gasteiger partial charge in [-0.2, -0.15) is 0 Å². The molecule has 6 heteroatoms. The van der Waals surface area contributed by atoms with Crippen LogP contribution in [-0.4, -0.2) is 41.1 Å². The van der Waals surface area contributed by atoms with Crippen molar-refractivity contribution in [1.82, 2.24) is 10.2 Å². The van der Waals surface area contributed by atoms with Crippen molar-refractivity contribution < 1.29 is 14.7 Å². The molecule has 0 aliphatic carbocycles. The number of carbonyl (C=O) groups excluding carboxylic acids is 1. The van der Waals surface area contributed by atoms with Crippen LogP contribution in [-0.2, 0) is 4.79 Å². The molecule has 0 fully saturated rings. The average Bonchev–Trinajstić information content (AvgIpc) is 2.09. The van der Waals surface area contributed by atoms with Gasteiger partial charge in [0.05, 0.1) is 6.54 Å². The highest BCUT2D eigenvalue weighted by atomic mass is 79.9. The van der Waals surface area contributed by atoms with Gasteiger partial charge in [-0.1, -0.05) is 22.5 Å². The molecule has 0 aliphatic heterocycles. The molecule has 86 valence electrons. The molecule has 0 atom stereocenters. The number of urea groups is 1. The van der Waals surface area contributed by atoms with Gasteiger partial charge < -0.3 is 15.3 Å². The molecule has 2 N–H and O–H groups in total. The molecule has 0 saturated heterocycles. The summed E-state index contributed by atoms with van der Waals surface area (Å²) in [5.41, 5.74) is 0. The predicted octanol–water partition coefficient (Wildman–Crippen LogP) is 1.40. The third-order valence-electron chi connectivity index (χ3n) is 1.62. The number of hydrogen-bond donors (Lipinski definition) is 2. The Hall–Kier alpha value is -1.04. The number of rotatable bonds is 5. The third kappa shape index (κ3) is 6.11. The number of carboxylic acids is 1. The minimum atomic E-state index is -1.03. The summed E-state index contributed by atoms with van der Waals surface area (Å²) < 4.78 is 0.634. The second-order valence-electron chi connectivity index (χ2n) is 3.29. The van der Waals surface area contributed by atoms with Gasteiger partial charge in [-0.25, -0.2) is 4.79 Å². The first-order chi connectivity index (χ1) is 6.84. The molecule has 2 amide bonds. The maximum Gasteiger partial charge on any atom is 0.323 e. The fraction of sp³-hybridized carbons (Fsp3) is 0.556. The summed E-state index contributed by atoms with van der Waals surface area (Å²) in [6.07, 6.45) is 0. The lowest BCUT2D eigenvalue weighted by atomic mass is 10.3. The van der Waals surface area contributed by atoms with Crippen LogP contribution in [0.5, 0.6) is 0 Å². The van der Waals surface area contributed by atoms with Crippen LogP contribution in [0.4, 0.5) is 4.79 Å². The van der Waals surface area contributed by atoms with Gasteiger partial charge in [0.15, 0.2) is 0 Å². The summed E-state index contributed by atoms with van der Waals surface area (Å²) in [4.78, 5) is 23.3. The lowest BCUT2D eigenvalue weighted by Crippen LogP contribution is -2.46.